The van der Waals surface area contributed by atoms with Crippen molar-refractivity contribution in [2.24, 2.45) is 5.92 Å². The molecule has 0 fully saturated rings. The number of nitro benzene ring substituents is 1. The van der Waals surface area contributed by atoms with Gasteiger partial charge in [0.05, 0.1) is 10.5 Å². The van der Waals surface area contributed by atoms with Gasteiger partial charge in [-0.2, -0.15) is 0 Å². The second kappa shape index (κ2) is 7.39. The number of hydrogen-bond acceptors (Lipinski definition) is 3. The SMILES string of the molecule is CC(C)C(CNC(=O)c1c[nH]c2ccc([N+](=O)[O-])cc12)c1ccccc1. The third-order valence-corrected chi connectivity index (χ3v) is 4.64. The van der Waals surface area contributed by atoms with Gasteiger partial charge in [0.15, 0.2) is 0 Å². The van der Waals surface area contributed by atoms with E-state index in [0.29, 0.717) is 28.9 Å². The van der Waals surface area contributed by atoms with Crippen molar-refractivity contribution in [1.82, 2.24) is 10.3 Å². The molecule has 3 aromatic rings. The van der Waals surface area contributed by atoms with Crippen LogP contribution in [0.1, 0.15) is 35.7 Å². The van der Waals surface area contributed by atoms with Crippen LogP contribution in [0.15, 0.2) is 54.7 Å². The summed E-state index contributed by atoms with van der Waals surface area (Å²) in [6, 6.07) is 14.5. The highest BCUT2D eigenvalue weighted by Gasteiger charge is 2.19. The number of benzene rings is 2. The average Bonchev–Trinajstić information content (AvgIpc) is 3.05. The van der Waals surface area contributed by atoms with Gasteiger partial charge in [-0.3, -0.25) is 14.9 Å². The first-order valence-corrected chi connectivity index (χ1v) is 8.56. The molecule has 0 aliphatic heterocycles. The second-order valence-corrected chi connectivity index (χ2v) is 6.66. The van der Waals surface area contributed by atoms with E-state index in [1.807, 2.05) is 18.2 Å². The molecule has 0 saturated carbocycles. The summed E-state index contributed by atoms with van der Waals surface area (Å²) in [6.45, 7) is 4.75. The number of nitrogens with zero attached hydrogens (tertiary/aromatic N) is 1. The second-order valence-electron chi connectivity index (χ2n) is 6.66. The van der Waals surface area contributed by atoms with Gasteiger partial charge in [0, 0.05) is 41.7 Å². The number of aromatic amines is 1. The summed E-state index contributed by atoms with van der Waals surface area (Å²) in [5.74, 6) is 0.319. The van der Waals surface area contributed by atoms with Crippen LogP contribution < -0.4 is 5.32 Å². The predicted molar refractivity (Wildman–Crippen MR) is 101 cm³/mol. The van der Waals surface area contributed by atoms with Gasteiger partial charge in [-0.05, 0) is 17.5 Å². The number of non-ortho nitro benzene ring substituents is 1. The molecule has 0 saturated heterocycles. The van der Waals surface area contributed by atoms with Crippen molar-refractivity contribution in [3.8, 4) is 0 Å². The summed E-state index contributed by atoms with van der Waals surface area (Å²) in [6.07, 6.45) is 1.59. The summed E-state index contributed by atoms with van der Waals surface area (Å²) < 4.78 is 0. The van der Waals surface area contributed by atoms with Crippen LogP contribution in [-0.4, -0.2) is 22.4 Å². The van der Waals surface area contributed by atoms with Crippen LogP contribution in [-0.2, 0) is 0 Å². The molecule has 1 amide bonds. The molecular formula is C20H21N3O3. The van der Waals surface area contributed by atoms with Crippen molar-refractivity contribution in [2.45, 2.75) is 19.8 Å². The standard InChI is InChI=1S/C20H21N3O3/c1-13(2)17(14-6-4-3-5-7-14)11-22-20(24)18-12-21-19-9-8-15(23(25)26)10-16(18)19/h3-10,12-13,17,21H,11H2,1-2H3,(H,22,24). The highest BCUT2D eigenvalue weighted by atomic mass is 16.6. The van der Waals surface area contributed by atoms with E-state index in [1.165, 1.54) is 17.7 Å². The van der Waals surface area contributed by atoms with Gasteiger partial charge in [-0.25, -0.2) is 0 Å². The smallest absolute Gasteiger partial charge is 0.270 e. The van der Waals surface area contributed by atoms with E-state index in [-0.39, 0.29) is 17.5 Å². The molecule has 3 rings (SSSR count). The van der Waals surface area contributed by atoms with Crippen molar-refractivity contribution in [3.05, 3.63) is 76.0 Å². The van der Waals surface area contributed by atoms with Crippen LogP contribution >= 0.6 is 0 Å². The molecule has 2 aromatic carbocycles. The Balaban J connectivity index is 1.80. The van der Waals surface area contributed by atoms with Crippen molar-refractivity contribution in [3.63, 3.8) is 0 Å². The van der Waals surface area contributed by atoms with E-state index >= 15 is 0 Å². The number of hydrogen-bond donors (Lipinski definition) is 2. The summed E-state index contributed by atoms with van der Waals surface area (Å²) in [5.41, 5.74) is 2.26. The fourth-order valence-electron chi connectivity index (χ4n) is 3.15. The highest BCUT2D eigenvalue weighted by Crippen LogP contribution is 2.25. The van der Waals surface area contributed by atoms with Gasteiger partial charge >= 0.3 is 0 Å². The number of H-pyrrole nitrogens is 1. The first-order chi connectivity index (χ1) is 12.5. The third-order valence-electron chi connectivity index (χ3n) is 4.64. The van der Waals surface area contributed by atoms with Crippen LogP contribution in [0.25, 0.3) is 10.9 Å². The Labute approximate surface area is 151 Å². The lowest BCUT2D eigenvalue weighted by Crippen LogP contribution is -2.30. The van der Waals surface area contributed by atoms with Gasteiger partial charge < -0.3 is 10.3 Å². The van der Waals surface area contributed by atoms with E-state index in [2.05, 4.69) is 36.3 Å². The number of aromatic nitrogens is 1. The van der Waals surface area contributed by atoms with E-state index in [0.717, 1.165) is 0 Å². The molecule has 0 aliphatic rings. The summed E-state index contributed by atoms with van der Waals surface area (Å²) >= 11 is 0. The first-order valence-electron chi connectivity index (χ1n) is 8.56. The quantitative estimate of drug-likeness (QED) is 0.514. The van der Waals surface area contributed by atoms with Crippen LogP contribution in [0.2, 0.25) is 0 Å². The van der Waals surface area contributed by atoms with Crippen LogP contribution in [0.5, 0.6) is 0 Å². The minimum atomic E-state index is -0.460. The Morgan fingerprint density at radius 3 is 2.58 bits per heavy atom. The Kier molecular flexibility index (Phi) is 5.02. The summed E-state index contributed by atoms with van der Waals surface area (Å²) in [4.78, 5) is 26.2. The molecule has 2 N–H and O–H groups in total. The number of nitrogens with one attached hydrogen (secondary N) is 2. The van der Waals surface area contributed by atoms with Gasteiger partial charge in [0.25, 0.3) is 11.6 Å². The van der Waals surface area contributed by atoms with Crippen molar-refractivity contribution in [1.29, 1.82) is 0 Å². The molecule has 0 bridgehead atoms. The number of nitro groups is 1. The van der Waals surface area contributed by atoms with Crippen molar-refractivity contribution in [2.75, 3.05) is 6.54 Å². The topological polar surface area (TPSA) is 88.0 Å². The fourth-order valence-corrected chi connectivity index (χ4v) is 3.15. The van der Waals surface area contributed by atoms with Gasteiger partial charge in [0.2, 0.25) is 0 Å². The monoisotopic (exact) mass is 351 g/mol. The molecule has 26 heavy (non-hydrogen) atoms. The molecule has 1 aromatic heterocycles. The first kappa shape index (κ1) is 17.7. The Hall–Kier alpha value is -3.15. The molecule has 0 radical (unpaired) electrons. The van der Waals surface area contributed by atoms with E-state index in [4.69, 9.17) is 0 Å². The van der Waals surface area contributed by atoms with E-state index in [9.17, 15) is 14.9 Å². The van der Waals surface area contributed by atoms with Crippen LogP contribution in [0.3, 0.4) is 0 Å². The third kappa shape index (κ3) is 3.59. The molecule has 1 heterocycles. The van der Waals surface area contributed by atoms with Crippen LogP contribution in [0.4, 0.5) is 5.69 Å². The molecule has 1 atom stereocenters. The summed E-state index contributed by atoms with van der Waals surface area (Å²) in [7, 11) is 0. The van der Waals surface area contributed by atoms with E-state index < -0.39 is 4.92 Å². The maximum absolute atomic E-state index is 12.7. The molecule has 6 nitrogen and oxygen atoms in total. The molecule has 134 valence electrons. The largest absolute Gasteiger partial charge is 0.360 e. The number of rotatable bonds is 6. The van der Waals surface area contributed by atoms with Crippen LogP contribution in [0, 0.1) is 16.0 Å². The Morgan fingerprint density at radius 1 is 1.19 bits per heavy atom. The minimum Gasteiger partial charge on any atom is -0.360 e. The minimum absolute atomic E-state index is 0.0320. The molecule has 0 spiro atoms. The zero-order valence-corrected chi connectivity index (χ0v) is 14.7. The summed E-state index contributed by atoms with van der Waals surface area (Å²) in [5, 5.41) is 14.5. The lowest BCUT2D eigenvalue weighted by atomic mass is 9.88. The zero-order valence-electron chi connectivity index (χ0n) is 14.7. The fraction of sp³-hybridized carbons (Fsp3) is 0.250. The van der Waals surface area contributed by atoms with Gasteiger partial charge in [0.1, 0.15) is 0 Å². The highest BCUT2D eigenvalue weighted by molar-refractivity contribution is 6.07. The number of carbonyl (C=O) groups is 1. The molecule has 6 heteroatoms. The number of fused-ring (bicyclic) bond motifs is 1. The van der Waals surface area contributed by atoms with Gasteiger partial charge in [-0.15, -0.1) is 0 Å². The Morgan fingerprint density at radius 2 is 1.92 bits per heavy atom. The predicted octanol–water partition coefficient (Wildman–Crippen LogP) is 4.25. The normalized spacial score (nSPS) is 12.3. The van der Waals surface area contributed by atoms with E-state index in [1.54, 1.807) is 12.3 Å². The van der Waals surface area contributed by atoms with Crippen molar-refractivity contribution < 1.29 is 9.72 Å². The number of amides is 1. The lowest BCUT2D eigenvalue weighted by molar-refractivity contribution is -0.384. The number of carbonyl (C=O) groups excluding carboxylic acids is 1. The lowest BCUT2D eigenvalue weighted by Gasteiger charge is -2.21. The molecular weight excluding hydrogens is 330 g/mol. The molecule has 1 unspecified atom stereocenters. The maximum Gasteiger partial charge on any atom is 0.270 e. The molecule has 0 aliphatic carbocycles. The Bertz CT molecular complexity index is 932. The average molecular weight is 351 g/mol. The zero-order chi connectivity index (χ0) is 18.7. The maximum atomic E-state index is 12.7. The van der Waals surface area contributed by atoms with Gasteiger partial charge in [-0.1, -0.05) is 44.2 Å². The van der Waals surface area contributed by atoms with Crippen molar-refractivity contribution >= 4 is 22.5 Å².